The van der Waals surface area contributed by atoms with Gasteiger partial charge in [-0.25, -0.2) is 0 Å². The van der Waals surface area contributed by atoms with Crippen molar-refractivity contribution in [2.24, 2.45) is 0 Å². The maximum atomic E-state index is 9.16. The van der Waals surface area contributed by atoms with Gasteiger partial charge in [-0.3, -0.25) is 0 Å². The third kappa shape index (κ3) is 2.72. The summed E-state index contributed by atoms with van der Waals surface area (Å²) in [6.07, 6.45) is 0. The van der Waals surface area contributed by atoms with Crippen molar-refractivity contribution in [1.82, 2.24) is 5.16 Å². The second kappa shape index (κ2) is 5.33. The molecule has 2 rings (SSSR count). The Morgan fingerprint density at radius 1 is 1.42 bits per heavy atom. The van der Waals surface area contributed by atoms with E-state index in [9.17, 15) is 0 Å². The molecule has 0 unspecified atom stereocenters. The van der Waals surface area contributed by atoms with Gasteiger partial charge in [0.2, 0.25) is 0 Å². The summed E-state index contributed by atoms with van der Waals surface area (Å²) >= 11 is 5.90. The quantitative estimate of drug-likeness (QED) is 0.861. The first-order valence-corrected chi connectivity index (χ1v) is 6.23. The van der Waals surface area contributed by atoms with Crippen LogP contribution < -0.4 is 4.90 Å². The molecule has 5 heteroatoms. The molecule has 0 N–H and O–H groups in total. The number of benzene rings is 1. The molecule has 0 saturated heterocycles. The Morgan fingerprint density at radius 2 is 2.16 bits per heavy atom. The van der Waals surface area contributed by atoms with Crippen LogP contribution in [-0.4, -0.2) is 12.2 Å². The fourth-order valence-corrected chi connectivity index (χ4v) is 2.15. The highest BCUT2D eigenvalue weighted by Crippen LogP contribution is 2.25. The van der Waals surface area contributed by atoms with E-state index >= 15 is 0 Å². The highest BCUT2D eigenvalue weighted by Gasteiger charge is 2.14. The van der Waals surface area contributed by atoms with Crippen LogP contribution in [0.2, 0.25) is 5.02 Å². The van der Waals surface area contributed by atoms with Crippen LogP contribution in [0.1, 0.15) is 22.6 Å². The molecule has 0 radical (unpaired) electrons. The molecule has 1 aromatic heterocycles. The van der Waals surface area contributed by atoms with E-state index in [4.69, 9.17) is 21.4 Å². The molecule has 1 heterocycles. The van der Waals surface area contributed by atoms with Crippen LogP contribution in [0, 0.1) is 25.2 Å². The van der Waals surface area contributed by atoms with Gasteiger partial charge >= 0.3 is 0 Å². The first-order valence-electron chi connectivity index (χ1n) is 5.85. The highest BCUT2D eigenvalue weighted by molar-refractivity contribution is 6.30. The summed E-state index contributed by atoms with van der Waals surface area (Å²) in [5, 5.41) is 13.7. The molecule has 0 bridgehead atoms. The van der Waals surface area contributed by atoms with Crippen molar-refractivity contribution in [3.8, 4) is 6.07 Å². The molecule has 0 saturated carbocycles. The Bertz CT molecular complexity index is 623. The second-order valence-corrected chi connectivity index (χ2v) is 4.87. The molecular formula is C14H14ClN3O. The van der Waals surface area contributed by atoms with Crippen molar-refractivity contribution in [3.63, 3.8) is 0 Å². The topological polar surface area (TPSA) is 53.1 Å². The number of aryl methyl sites for hydroxylation is 2. The molecule has 0 amide bonds. The number of nitrogens with zero attached hydrogens (tertiary/aromatic N) is 3. The van der Waals surface area contributed by atoms with Crippen LogP contribution >= 0.6 is 11.6 Å². The van der Waals surface area contributed by atoms with Crippen molar-refractivity contribution < 1.29 is 4.52 Å². The predicted octanol–water partition coefficient (Wildman–Crippen LogP) is 3.45. The number of anilines is 1. The smallest absolute Gasteiger partial charge is 0.138 e. The summed E-state index contributed by atoms with van der Waals surface area (Å²) < 4.78 is 5.14. The first kappa shape index (κ1) is 13.4. The zero-order valence-electron chi connectivity index (χ0n) is 11.1. The summed E-state index contributed by atoms with van der Waals surface area (Å²) in [6.45, 7) is 4.43. The highest BCUT2D eigenvalue weighted by atomic mass is 35.5. The van der Waals surface area contributed by atoms with Crippen molar-refractivity contribution in [3.05, 3.63) is 45.8 Å². The van der Waals surface area contributed by atoms with Gasteiger partial charge in [0.25, 0.3) is 0 Å². The predicted molar refractivity (Wildman–Crippen MR) is 74.3 cm³/mol. The number of aromatic nitrogens is 1. The summed E-state index contributed by atoms with van der Waals surface area (Å²) in [5.41, 5.74) is 3.31. The maximum absolute atomic E-state index is 9.16. The monoisotopic (exact) mass is 275 g/mol. The van der Waals surface area contributed by atoms with Crippen LogP contribution in [0.25, 0.3) is 0 Å². The lowest BCUT2D eigenvalue weighted by Gasteiger charge is -2.20. The minimum absolute atomic E-state index is 0.557. The van der Waals surface area contributed by atoms with Gasteiger partial charge in [-0.05, 0) is 32.0 Å². The lowest BCUT2D eigenvalue weighted by Crippen LogP contribution is -2.18. The number of hydrogen-bond donors (Lipinski definition) is 0. The molecule has 19 heavy (non-hydrogen) atoms. The molecule has 0 aliphatic carbocycles. The number of hydrogen-bond acceptors (Lipinski definition) is 4. The second-order valence-electron chi connectivity index (χ2n) is 4.43. The SMILES string of the molecule is Cc1noc(C)c1CN(C)c1ccc(Cl)cc1C#N. The Kier molecular flexibility index (Phi) is 3.77. The third-order valence-electron chi connectivity index (χ3n) is 3.07. The largest absolute Gasteiger partial charge is 0.369 e. The average Bonchev–Trinajstić information content (AvgIpc) is 2.70. The molecule has 4 nitrogen and oxygen atoms in total. The Morgan fingerprint density at radius 3 is 2.74 bits per heavy atom. The van der Waals surface area contributed by atoms with E-state index in [1.165, 1.54) is 0 Å². The molecular weight excluding hydrogens is 262 g/mol. The molecule has 1 aromatic carbocycles. The molecule has 0 aliphatic rings. The van der Waals surface area contributed by atoms with Gasteiger partial charge in [0.1, 0.15) is 11.8 Å². The fraction of sp³-hybridized carbons (Fsp3) is 0.286. The Labute approximate surface area is 117 Å². The van der Waals surface area contributed by atoms with E-state index in [1.807, 2.05) is 31.9 Å². The van der Waals surface area contributed by atoms with Crippen molar-refractivity contribution >= 4 is 17.3 Å². The first-order chi connectivity index (χ1) is 9.02. The van der Waals surface area contributed by atoms with E-state index in [2.05, 4.69) is 11.2 Å². The summed E-state index contributed by atoms with van der Waals surface area (Å²) in [5.74, 6) is 0.803. The van der Waals surface area contributed by atoms with E-state index in [0.717, 1.165) is 22.7 Å². The summed E-state index contributed by atoms with van der Waals surface area (Å²) in [6, 6.07) is 7.45. The van der Waals surface area contributed by atoms with E-state index in [0.29, 0.717) is 17.1 Å². The van der Waals surface area contributed by atoms with Gasteiger partial charge in [-0.2, -0.15) is 5.26 Å². The van der Waals surface area contributed by atoms with E-state index < -0.39 is 0 Å². The van der Waals surface area contributed by atoms with Gasteiger partial charge in [-0.1, -0.05) is 16.8 Å². The van der Waals surface area contributed by atoms with Crippen molar-refractivity contribution in [1.29, 1.82) is 5.26 Å². The standard InChI is InChI=1S/C14H14ClN3O/c1-9-13(10(2)19-17-9)8-18(3)14-5-4-12(15)6-11(14)7-16/h4-6H,8H2,1-3H3. The molecule has 0 atom stereocenters. The van der Waals surface area contributed by atoms with Crippen LogP contribution in [0.5, 0.6) is 0 Å². The molecule has 0 aliphatic heterocycles. The van der Waals surface area contributed by atoms with Gasteiger partial charge < -0.3 is 9.42 Å². The van der Waals surface area contributed by atoms with Gasteiger partial charge in [0, 0.05) is 24.2 Å². The summed E-state index contributed by atoms with van der Waals surface area (Å²) in [4.78, 5) is 1.99. The van der Waals surface area contributed by atoms with Gasteiger partial charge in [0.15, 0.2) is 0 Å². The zero-order valence-corrected chi connectivity index (χ0v) is 11.8. The fourth-order valence-electron chi connectivity index (χ4n) is 1.98. The molecule has 0 fully saturated rings. The normalized spacial score (nSPS) is 10.3. The zero-order chi connectivity index (χ0) is 14.0. The minimum atomic E-state index is 0.557. The Hall–Kier alpha value is -1.99. The summed E-state index contributed by atoms with van der Waals surface area (Å²) in [7, 11) is 1.93. The van der Waals surface area contributed by atoms with Crippen LogP contribution in [-0.2, 0) is 6.54 Å². The number of rotatable bonds is 3. The van der Waals surface area contributed by atoms with Crippen molar-refractivity contribution in [2.75, 3.05) is 11.9 Å². The van der Waals surface area contributed by atoms with Crippen LogP contribution in [0.3, 0.4) is 0 Å². The van der Waals surface area contributed by atoms with Crippen molar-refractivity contribution in [2.45, 2.75) is 20.4 Å². The number of halogens is 1. The minimum Gasteiger partial charge on any atom is -0.369 e. The lowest BCUT2D eigenvalue weighted by atomic mass is 10.1. The van der Waals surface area contributed by atoms with Gasteiger partial charge in [-0.15, -0.1) is 0 Å². The van der Waals surface area contributed by atoms with Gasteiger partial charge in [0.05, 0.1) is 16.9 Å². The maximum Gasteiger partial charge on any atom is 0.138 e. The number of nitriles is 1. The molecule has 98 valence electrons. The van der Waals surface area contributed by atoms with E-state index in [-0.39, 0.29) is 0 Å². The van der Waals surface area contributed by atoms with Crippen LogP contribution in [0.4, 0.5) is 5.69 Å². The van der Waals surface area contributed by atoms with Crippen LogP contribution in [0.15, 0.2) is 22.7 Å². The van der Waals surface area contributed by atoms with E-state index in [1.54, 1.807) is 12.1 Å². The lowest BCUT2D eigenvalue weighted by molar-refractivity contribution is 0.392. The Balaban J connectivity index is 2.31. The third-order valence-corrected chi connectivity index (χ3v) is 3.30. The average molecular weight is 276 g/mol. The molecule has 0 spiro atoms. The molecule has 2 aromatic rings.